The SMILES string of the molecule is CCN(Cc1ccccc1)C(=O)C(C)Sc1nnc(Nc2cccc(NC(C)=O)c2)s1. The van der Waals surface area contributed by atoms with Crippen molar-refractivity contribution in [2.24, 2.45) is 0 Å². The fourth-order valence-electron chi connectivity index (χ4n) is 2.92. The predicted molar refractivity (Wildman–Crippen MR) is 127 cm³/mol. The molecule has 1 heterocycles. The van der Waals surface area contributed by atoms with E-state index in [1.165, 1.54) is 30.0 Å². The summed E-state index contributed by atoms with van der Waals surface area (Å²) in [5, 5.41) is 14.7. The number of benzene rings is 2. The predicted octanol–water partition coefficient (Wildman–Crippen LogP) is 4.77. The van der Waals surface area contributed by atoms with E-state index >= 15 is 0 Å². The molecule has 2 amide bonds. The fraction of sp³-hybridized carbons (Fsp3) is 0.273. The van der Waals surface area contributed by atoms with Gasteiger partial charge in [0.1, 0.15) is 0 Å². The number of thioether (sulfide) groups is 1. The third-order valence-corrected chi connectivity index (χ3v) is 6.39. The van der Waals surface area contributed by atoms with Crippen molar-refractivity contribution in [3.63, 3.8) is 0 Å². The molecular weight excluding hydrogens is 430 g/mol. The van der Waals surface area contributed by atoms with Gasteiger partial charge in [0.15, 0.2) is 4.34 Å². The highest BCUT2D eigenvalue weighted by Gasteiger charge is 2.22. The third-order valence-electron chi connectivity index (χ3n) is 4.38. The molecule has 31 heavy (non-hydrogen) atoms. The van der Waals surface area contributed by atoms with E-state index in [1.807, 2.05) is 73.3 Å². The van der Waals surface area contributed by atoms with Crippen LogP contribution < -0.4 is 10.6 Å². The molecule has 0 fully saturated rings. The maximum absolute atomic E-state index is 12.9. The first-order valence-corrected chi connectivity index (χ1v) is 11.6. The van der Waals surface area contributed by atoms with Crippen molar-refractivity contribution >= 4 is 51.4 Å². The van der Waals surface area contributed by atoms with Gasteiger partial charge in [0.25, 0.3) is 0 Å². The van der Waals surface area contributed by atoms with Gasteiger partial charge in [-0.15, -0.1) is 10.2 Å². The Morgan fingerprint density at radius 1 is 1.10 bits per heavy atom. The molecule has 162 valence electrons. The van der Waals surface area contributed by atoms with Crippen LogP contribution in [-0.2, 0) is 16.1 Å². The molecule has 1 aromatic heterocycles. The Morgan fingerprint density at radius 2 is 1.84 bits per heavy atom. The minimum Gasteiger partial charge on any atom is -0.338 e. The molecule has 0 bridgehead atoms. The number of hydrogen-bond donors (Lipinski definition) is 2. The first-order chi connectivity index (χ1) is 14.9. The van der Waals surface area contributed by atoms with Crippen LogP contribution in [0, 0.1) is 0 Å². The van der Waals surface area contributed by atoms with Gasteiger partial charge in [-0.3, -0.25) is 9.59 Å². The van der Waals surface area contributed by atoms with Crippen LogP contribution in [0.15, 0.2) is 58.9 Å². The zero-order valence-corrected chi connectivity index (χ0v) is 19.3. The maximum atomic E-state index is 12.9. The van der Waals surface area contributed by atoms with Crippen molar-refractivity contribution in [1.82, 2.24) is 15.1 Å². The van der Waals surface area contributed by atoms with Crippen LogP contribution in [0.4, 0.5) is 16.5 Å². The lowest BCUT2D eigenvalue weighted by Crippen LogP contribution is -2.35. The van der Waals surface area contributed by atoms with Crippen molar-refractivity contribution in [2.75, 3.05) is 17.2 Å². The summed E-state index contributed by atoms with van der Waals surface area (Å²) in [6.45, 7) is 6.59. The van der Waals surface area contributed by atoms with Gasteiger partial charge < -0.3 is 15.5 Å². The Bertz CT molecular complexity index is 1030. The van der Waals surface area contributed by atoms with Crippen LogP contribution in [0.1, 0.15) is 26.3 Å². The molecule has 3 rings (SSSR count). The van der Waals surface area contributed by atoms with Crippen LogP contribution in [0.25, 0.3) is 0 Å². The maximum Gasteiger partial charge on any atom is 0.236 e. The number of nitrogens with zero attached hydrogens (tertiary/aromatic N) is 3. The number of carbonyl (C=O) groups excluding carboxylic acids is 2. The van der Waals surface area contributed by atoms with Crippen molar-refractivity contribution in [3.05, 3.63) is 60.2 Å². The van der Waals surface area contributed by atoms with Gasteiger partial charge in [-0.1, -0.05) is 59.5 Å². The van der Waals surface area contributed by atoms with E-state index in [-0.39, 0.29) is 17.1 Å². The van der Waals surface area contributed by atoms with E-state index in [1.54, 1.807) is 0 Å². The molecule has 0 aliphatic carbocycles. The summed E-state index contributed by atoms with van der Waals surface area (Å²) in [6, 6.07) is 17.3. The zero-order chi connectivity index (χ0) is 22.2. The van der Waals surface area contributed by atoms with Crippen LogP contribution in [0.2, 0.25) is 0 Å². The van der Waals surface area contributed by atoms with Crippen LogP contribution in [0.5, 0.6) is 0 Å². The van der Waals surface area contributed by atoms with E-state index in [2.05, 4.69) is 20.8 Å². The van der Waals surface area contributed by atoms with Crippen molar-refractivity contribution in [1.29, 1.82) is 0 Å². The molecule has 1 unspecified atom stereocenters. The summed E-state index contributed by atoms with van der Waals surface area (Å²) >= 11 is 2.79. The highest BCUT2D eigenvalue weighted by Crippen LogP contribution is 2.31. The third kappa shape index (κ3) is 6.80. The summed E-state index contributed by atoms with van der Waals surface area (Å²) in [5.74, 6) is -0.0529. The molecule has 0 aliphatic heterocycles. The summed E-state index contributed by atoms with van der Waals surface area (Å²) in [4.78, 5) is 26.0. The molecule has 2 N–H and O–H groups in total. The Morgan fingerprint density at radius 3 is 2.55 bits per heavy atom. The Balaban J connectivity index is 1.59. The molecule has 3 aromatic rings. The molecule has 7 nitrogen and oxygen atoms in total. The van der Waals surface area contributed by atoms with E-state index in [0.717, 1.165) is 15.6 Å². The van der Waals surface area contributed by atoms with Crippen LogP contribution in [0.3, 0.4) is 0 Å². The minimum atomic E-state index is -0.271. The fourth-order valence-corrected chi connectivity index (χ4v) is 4.92. The molecule has 0 radical (unpaired) electrons. The average Bonchev–Trinajstić information content (AvgIpc) is 3.18. The Kier molecular flexibility index (Phi) is 8.02. The lowest BCUT2D eigenvalue weighted by atomic mass is 10.2. The second-order valence-electron chi connectivity index (χ2n) is 6.86. The molecule has 0 aliphatic rings. The van der Waals surface area contributed by atoms with Crippen LogP contribution in [-0.4, -0.2) is 38.7 Å². The molecule has 0 saturated heterocycles. The minimum absolute atomic E-state index is 0.0732. The number of anilines is 3. The molecule has 2 aromatic carbocycles. The number of hydrogen-bond acceptors (Lipinski definition) is 7. The smallest absolute Gasteiger partial charge is 0.236 e. The number of carbonyl (C=O) groups is 2. The normalized spacial score (nSPS) is 11.6. The first-order valence-electron chi connectivity index (χ1n) is 9.92. The summed E-state index contributed by atoms with van der Waals surface area (Å²) < 4.78 is 0.720. The Hall–Kier alpha value is -2.91. The van der Waals surface area contributed by atoms with E-state index in [9.17, 15) is 9.59 Å². The lowest BCUT2D eigenvalue weighted by Gasteiger charge is -2.23. The van der Waals surface area contributed by atoms with Crippen LogP contribution >= 0.6 is 23.1 Å². The second-order valence-corrected chi connectivity index (χ2v) is 9.42. The molecular formula is C22H25N5O2S2. The lowest BCUT2D eigenvalue weighted by molar-refractivity contribution is -0.130. The van der Waals surface area contributed by atoms with Crippen molar-refractivity contribution in [2.45, 2.75) is 36.9 Å². The topological polar surface area (TPSA) is 87.2 Å². The molecule has 9 heteroatoms. The number of amides is 2. The van der Waals surface area contributed by atoms with Gasteiger partial charge >= 0.3 is 0 Å². The largest absolute Gasteiger partial charge is 0.338 e. The second kappa shape index (κ2) is 10.9. The van der Waals surface area contributed by atoms with Gasteiger partial charge in [0.2, 0.25) is 16.9 Å². The first kappa shape index (κ1) is 22.8. The van der Waals surface area contributed by atoms with E-state index < -0.39 is 0 Å². The summed E-state index contributed by atoms with van der Waals surface area (Å²) in [6.07, 6.45) is 0. The highest BCUT2D eigenvalue weighted by molar-refractivity contribution is 8.02. The number of nitrogens with one attached hydrogen (secondary N) is 2. The average molecular weight is 456 g/mol. The molecule has 0 saturated carbocycles. The standard InChI is InChI=1S/C22H25N5O2S2/c1-4-27(14-17-9-6-5-7-10-17)20(29)15(2)30-22-26-25-21(31-22)24-19-12-8-11-18(13-19)23-16(3)28/h5-13,15H,4,14H2,1-3H3,(H,23,28)(H,24,25). The van der Waals surface area contributed by atoms with Gasteiger partial charge in [-0.05, 0) is 37.6 Å². The van der Waals surface area contributed by atoms with Gasteiger partial charge in [0.05, 0.1) is 5.25 Å². The van der Waals surface area contributed by atoms with Crippen molar-refractivity contribution in [3.8, 4) is 0 Å². The number of rotatable bonds is 9. The zero-order valence-electron chi connectivity index (χ0n) is 17.7. The number of aromatic nitrogens is 2. The molecule has 1 atom stereocenters. The highest BCUT2D eigenvalue weighted by atomic mass is 32.2. The van der Waals surface area contributed by atoms with E-state index in [4.69, 9.17) is 0 Å². The van der Waals surface area contributed by atoms with E-state index in [0.29, 0.717) is 23.9 Å². The summed E-state index contributed by atoms with van der Waals surface area (Å²) in [5.41, 5.74) is 2.61. The monoisotopic (exact) mass is 455 g/mol. The van der Waals surface area contributed by atoms with Gasteiger partial charge in [-0.2, -0.15) is 0 Å². The summed E-state index contributed by atoms with van der Waals surface area (Å²) in [7, 11) is 0. The quantitative estimate of drug-likeness (QED) is 0.452. The van der Waals surface area contributed by atoms with Gasteiger partial charge in [0, 0.05) is 31.4 Å². The molecule has 0 spiro atoms. The van der Waals surface area contributed by atoms with Gasteiger partial charge in [-0.25, -0.2) is 0 Å². The van der Waals surface area contributed by atoms with Crippen molar-refractivity contribution < 1.29 is 9.59 Å². The Labute approximate surface area is 190 Å².